The Morgan fingerprint density at radius 1 is 0.875 bits per heavy atom. The SMILES string of the molecule is CCOc1ccccc1NC(=O)c1oc2ccccc2c1NC(=O)CCc1ccccc1. The number of aryl methyl sites for hydroxylation is 1. The highest BCUT2D eigenvalue weighted by molar-refractivity contribution is 6.14. The van der Waals surface area contributed by atoms with Gasteiger partial charge in [-0.25, -0.2) is 0 Å². The molecule has 32 heavy (non-hydrogen) atoms. The molecule has 0 spiro atoms. The number of hydrogen-bond donors (Lipinski definition) is 2. The fourth-order valence-electron chi connectivity index (χ4n) is 3.46. The second-order valence-electron chi connectivity index (χ2n) is 7.22. The Kier molecular flexibility index (Phi) is 6.51. The summed E-state index contributed by atoms with van der Waals surface area (Å²) >= 11 is 0. The van der Waals surface area contributed by atoms with Crippen molar-refractivity contribution in [3.05, 3.63) is 90.2 Å². The van der Waals surface area contributed by atoms with E-state index < -0.39 is 5.91 Å². The van der Waals surface area contributed by atoms with Crippen LogP contribution in [0.3, 0.4) is 0 Å². The third kappa shape index (κ3) is 4.81. The fraction of sp³-hybridized carbons (Fsp3) is 0.154. The van der Waals surface area contributed by atoms with Gasteiger partial charge in [0.05, 0.1) is 12.3 Å². The molecular weight excluding hydrogens is 404 g/mol. The summed E-state index contributed by atoms with van der Waals surface area (Å²) in [6.45, 7) is 2.35. The molecule has 2 amide bonds. The maximum Gasteiger partial charge on any atom is 0.293 e. The molecule has 1 aromatic heterocycles. The zero-order valence-electron chi connectivity index (χ0n) is 17.8. The average molecular weight is 428 g/mol. The van der Waals surface area contributed by atoms with Crippen molar-refractivity contribution in [3.8, 4) is 5.75 Å². The Hall–Kier alpha value is -4.06. The van der Waals surface area contributed by atoms with Crippen LogP contribution in [0.25, 0.3) is 11.0 Å². The van der Waals surface area contributed by atoms with E-state index in [1.807, 2.05) is 67.6 Å². The maximum atomic E-state index is 13.1. The molecule has 0 aliphatic heterocycles. The van der Waals surface area contributed by atoms with Gasteiger partial charge in [0.2, 0.25) is 11.7 Å². The molecule has 3 aromatic carbocycles. The highest BCUT2D eigenvalue weighted by atomic mass is 16.5. The average Bonchev–Trinajstić information content (AvgIpc) is 3.18. The normalized spacial score (nSPS) is 10.7. The van der Waals surface area contributed by atoms with Gasteiger partial charge in [-0.05, 0) is 43.2 Å². The van der Waals surface area contributed by atoms with Gasteiger partial charge in [-0.1, -0.05) is 54.6 Å². The van der Waals surface area contributed by atoms with Crippen molar-refractivity contribution in [2.24, 2.45) is 0 Å². The molecule has 0 saturated carbocycles. The number of ether oxygens (including phenoxy) is 1. The van der Waals surface area contributed by atoms with Gasteiger partial charge in [0.1, 0.15) is 17.0 Å². The van der Waals surface area contributed by atoms with E-state index in [2.05, 4.69) is 10.6 Å². The Bertz CT molecular complexity index is 1230. The minimum atomic E-state index is -0.466. The second-order valence-corrected chi connectivity index (χ2v) is 7.22. The summed E-state index contributed by atoms with van der Waals surface area (Å²) in [4.78, 5) is 25.8. The number of para-hydroxylation sites is 3. The monoisotopic (exact) mass is 428 g/mol. The zero-order chi connectivity index (χ0) is 22.3. The first-order valence-corrected chi connectivity index (χ1v) is 10.5. The fourth-order valence-corrected chi connectivity index (χ4v) is 3.46. The van der Waals surface area contributed by atoms with E-state index in [-0.39, 0.29) is 18.1 Å². The molecule has 4 aromatic rings. The molecule has 0 bridgehead atoms. The molecule has 0 aliphatic rings. The van der Waals surface area contributed by atoms with E-state index in [4.69, 9.17) is 9.15 Å². The molecule has 6 heteroatoms. The first kappa shape index (κ1) is 21.2. The molecule has 0 saturated heterocycles. The predicted molar refractivity (Wildman–Crippen MR) is 125 cm³/mol. The summed E-state index contributed by atoms with van der Waals surface area (Å²) in [5.74, 6) is -0.0469. The van der Waals surface area contributed by atoms with E-state index >= 15 is 0 Å². The number of amides is 2. The molecule has 0 aliphatic carbocycles. The van der Waals surface area contributed by atoms with Crippen LogP contribution in [0, 0.1) is 0 Å². The molecule has 4 rings (SSSR count). The van der Waals surface area contributed by atoms with Crippen LogP contribution >= 0.6 is 0 Å². The van der Waals surface area contributed by atoms with Crippen LogP contribution in [0.5, 0.6) is 5.75 Å². The molecule has 6 nitrogen and oxygen atoms in total. The van der Waals surface area contributed by atoms with Crippen LogP contribution in [-0.4, -0.2) is 18.4 Å². The van der Waals surface area contributed by atoms with E-state index in [0.717, 1.165) is 5.56 Å². The highest BCUT2D eigenvalue weighted by Crippen LogP contribution is 2.32. The van der Waals surface area contributed by atoms with Gasteiger partial charge in [0, 0.05) is 11.8 Å². The minimum absolute atomic E-state index is 0.0468. The minimum Gasteiger partial charge on any atom is -0.492 e. The van der Waals surface area contributed by atoms with Gasteiger partial charge in [0.25, 0.3) is 5.91 Å². The largest absolute Gasteiger partial charge is 0.492 e. The van der Waals surface area contributed by atoms with E-state index in [9.17, 15) is 9.59 Å². The molecule has 0 unspecified atom stereocenters. The van der Waals surface area contributed by atoms with Crippen LogP contribution in [0.15, 0.2) is 83.3 Å². The van der Waals surface area contributed by atoms with Gasteiger partial charge in [-0.3, -0.25) is 9.59 Å². The smallest absolute Gasteiger partial charge is 0.293 e. The number of nitrogens with one attached hydrogen (secondary N) is 2. The number of carbonyl (C=O) groups is 2. The van der Waals surface area contributed by atoms with Crippen molar-refractivity contribution in [2.75, 3.05) is 17.2 Å². The van der Waals surface area contributed by atoms with Gasteiger partial charge < -0.3 is 19.8 Å². The lowest BCUT2D eigenvalue weighted by atomic mass is 10.1. The van der Waals surface area contributed by atoms with Crippen molar-refractivity contribution in [2.45, 2.75) is 19.8 Å². The lowest BCUT2D eigenvalue weighted by molar-refractivity contribution is -0.116. The van der Waals surface area contributed by atoms with Crippen molar-refractivity contribution >= 4 is 34.2 Å². The van der Waals surface area contributed by atoms with Crippen LogP contribution in [0.2, 0.25) is 0 Å². The number of carbonyl (C=O) groups excluding carboxylic acids is 2. The summed E-state index contributed by atoms with van der Waals surface area (Å²) in [7, 11) is 0. The second kappa shape index (κ2) is 9.83. The van der Waals surface area contributed by atoms with Crippen molar-refractivity contribution in [3.63, 3.8) is 0 Å². The van der Waals surface area contributed by atoms with E-state index in [0.29, 0.717) is 41.1 Å². The van der Waals surface area contributed by atoms with Gasteiger partial charge >= 0.3 is 0 Å². The van der Waals surface area contributed by atoms with E-state index in [1.54, 1.807) is 18.2 Å². The van der Waals surface area contributed by atoms with Crippen LogP contribution in [-0.2, 0) is 11.2 Å². The van der Waals surface area contributed by atoms with Crippen molar-refractivity contribution in [1.82, 2.24) is 0 Å². The maximum absolute atomic E-state index is 13.1. The summed E-state index contributed by atoms with van der Waals surface area (Å²) < 4.78 is 11.4. The molecular formula is C26H24N2O4. The van der Waals surface area contributed by atoms with Gasteiger partial charge in [0.15, 0.2) is 0 Å². The zero-order valence-corrected chi connectivity index (χ0v) is 17.8. The third-order valence-corrected chi connectivity index (χ3v) is 4.98. The van der Waals surface area contributed by atoms with Crippen LogP contribution < -0.4 is 15.4 Å². The Balaban J connectivity index is 1.57. The molecule has 0 fully saturated rings. The molecule has 0 radical (unpaired) electrons. The number of hydrogen-bond acceptors (Lipinski definition) is 4. The summed E-state index contributed by atoms with van der Waals surface area (Å²) in [6.07, 6.45) is 0.892. The van der Waals surface area contributed by atoms with Crippen LogP contribution in [0.4, 0.5) is 11.4 Å². The third-order valence-electron chi connectivity index (χ3n) is 4.98. The lowest BCUT2D eigenvalue weighted by Crippen LogP contribution is -2.17. The number of fused-ring (bicyclic) bond motifs is 1. The van der Waals surface area contributed by atoms with Gasteiger partial charge in [-0.15, -0.1) is 0 Å². The number of benzene rings is 3. The Morgan fingerprint density at radius 2 is 1.59 bits per heavy atom. The number of furan rings is 1. The molecule has 1 heterocycles. The molecule has 162 valence electrons. The first-order valence-electron chi connectivity index (χ1n) is 10.5. The topological polar surface area (TPSA) is 80.6 Å². The van der Waals surface area contributed by atoms with E-state index in [1.165, 1.54) is 0 Å². The molecule has 2 N–H and O–H groups in total. The van der Waals surface area contributed by atoms with Crippen molar-refractivity contribution < 1.29 is 18.7 Å². The van der Waals surface area contributed by atoms with Crippen LogP contribution in [0.1, 0.15) is 29.5 Å². The van der Waals surface area contributed by atoms with Gasteiger partial charge in [-0.2, -0.15) is 0 Å². The number of rotatable bonds is 8. The Morgan fingerprint density at radius 3 is 2.41 bits per heavy atom. The highest BCUT2D eigenvalue weighted by Gasteiger charge is 2.23. The molecule has 0 atom stereocenters. The summed E-state index contributed by atoms with van der Waals surface area (Å²) in [5, 5.41) is 6.39. The predicted octanol–water partition coefficient (Wildman–Crippen LogP) is 5.66. The Labute approximate surface area is 186 Å². The first-order chi connectivity index (χ1) is 15.7. The standard InChI is InChI=1S/C26H24N2O4/c1-2-31-22-15-9-7-13-20(22)27-26(30)25-24(19-12-6-8-14-21(19)32-25)28-23(29)17-16-18-10-4-3-5-11-18/h3-15H,2,16-17H2,1H3,(H,27,30)(H,28,29). The quantitative estimate of drug-likeness (QED) is 0.380. The lowest BCUT2D eigenvalue weighted by Gasteiger charge is -2.11. The van der Waals surface area contributed by atoms with Crippen molar-refractivity contribution in [1.29, 1.82) is 0 Å². The summed E-state index contributed by atoms with van der Waals surface area (Å²) in [5.41, 5.74) is 2.49. The number of anilines is 2. The summed E-state index contributed by atoms with van der Waals surface area (Å²) in [6, 6.07) is 24.2.